The Morgan fingerprint density at radius 1 is 1.33 bits per heavy atom. The molecule has 0 fully saturated rings. The molecule has 110 valence electrons. The van der Waals surface area contributed by atoms with Crippen LogP contribution in [0.5, 0.6) is 0 Å². The molecule has 2 aromatic rings. The maximum absolute atomic E-state index is 11.2. The van der Waals surface area contributed by atoms with Gasteiger partial charge in [-0.2, -0.15) is 4.98 Å². The van der Waals surface area contributed by atoms with Gasteiger partial charge in [0.15, 0.2) is 10.2 Å². The minimum Gasteiger partial charge on any atom is -0.354 e. The van der Waals surface area contributed by atoms with Crippen LogP contribution in [-0.4, -0.2) is 31.4 Å². The first kappa shape index (κ1) is 15.1. The first-order chi connectivity index (χ1) is 10.1. The second kappa shape index (κ2) is 6.93. The zero-order valence-electron chi connectivity index (χ0n) is 11.6. The minimum atomic E-state index is -0.482. The summed E-state index contributed by atoms with van der Waals surface area (Å²) in [5, 5.41) is 14.9. The van der Waals surface area contributed by atoms with Crippen LogP contribution in [0.25, 0.3) is 0 Å². The summed E-state index contributed by atoms with van der Waals surface area (Å²) in [6.45, 7) is 4.30. The molecule has 1 N–H and O–H groups in total. The van der Waals surface area contributed by atoms with Gasteiger partial charge >= 0.3 is 5.69 Å². The van der Waals surface area contributed by atoms with Crippen LogP contribution in [-0.2, 0) is 0 Å². The van der Waals surface area contributed by atoms with Crippen LogP contribution in [0, 0.1) is 17.0 Å². The van der Waals surface area contributed by atoms with Crippen LogP contribution in [0.15, 0.2) is 28.6 Å². The lowest BCUT2D eigenvalue weighted by Gasteiger charge is -2.07. The monoisotopic (exact) mass is 306 g/mol. The molecular formula is C12H14N6O2S. The Kier molecular flexibility index (Phi) is 4.99. The molecule has 0 spiro atoms. The van der Waals surface area contributed by atoms with E-state index in [1.165, 1.54) is 0 Å². The molecule has 0 saturated carbocycles. The molecule has 0 unspecified atom stereocenters. The third kappa shape index (κ3) is 3.85. The molecule has 21 heavy (non-hydrogen) atoms. The van der Waals surface area contributed by atoms with Gasteiger partial charge < -0.3 is 5.32 Å². The first-order valence-electron chi connectivity index (χ1n) is 6.33. The van der Waals surface area contributed by atoms with Crippen molar-refractivity contribution in [2.45, 2.75) is 30.5 Å². The van der Waals surface area contributed by atoms with Gasteiger partial charge in [-0.25, -0.2) is 15.0 Å². The summed E-state index contributed by atoms with van der Waals surface area (Å²) in [5.74, 6) is 0.374. The van der Waals surface area contributed by atoms with Gasteiger partial charge in [0.25, 0.3) is 0 Å². The van der Waals surface area contributed by atoms with E-state index in [1.54, 1.807) is 25.4 Å². The molecule has 0 bridgehead atoms. The minimum absolute atomic E-state index is 0.116. The zero-order chi connectivity index (χ0) is 15.2. The van der Waals surface area contributed by atoms with Gasteiger partial charge in [0.2, 0.25) is 5.95 Å². The molecule has 0 radical (unpaired) electrons. The summed E-state index contributed by atoms with van der Waals surface area (Å²) in [6.07, 6.45) is 4.06. The van der Waals surface area contributed by atoms with Crippen molar-refractivity contribution in [1.82, 2.24) is 19.9 Å². The summed E-state index contributed by atoms with van der Waals surface area (Å²) in [5.41, 5.74) is 0.196. The molecule has 0 aromatic carbocycles. The van der Waals surface area contributed by atoms with Crippen LogP contribution in [0.4, 0.5) is 11.6 Å². The average Bonchev–Trinajstić information content (AvgIpc) is 2.45. The summed E-state index contributed by atoms with van der Waals surface area (Å²) in [4.78, 5) is 27.1. The molecule has 8 nitrogen and oxygen atoms in total. The van der Waals surface area contributed by atoms with E-state index < -0.39 is 4.92 Å². The van der Waals surface area contributed by atoms with Crippen LogP contribution >= 0.6 is 11.8 Å². The lowest BCUT2D eigenvalue weighted by Crippen LogP contribution is -2.08. The zero-order valence-corrected chi connectivity index (χ0v) is 12.4. The summed E-state index contributed by atoms with van der Waals surface area (Å²) < 4.78 is 0. The van der Waals surface area contributed by atoms with E-state index in [0.29, 0.717) is 23.3 Å². The van der Waals surface area contributed by atoms with E-state index in [9.17, 15) is 10.1 Å². The van der Waals surface area contributed by atoms with Crippen molar-refractivity contribution in [3.8, 4) is 0 Å². The standard InChI is InChI=1S/C12H14N6O2S/c1-3-5-13-11-16-8(2)9(18(19)20)10(17-11)21-12-14-6-4-7-15-12/h4,6-7H,3,5H2,1-2H3,(H,13,16,17). The molecule has 0 aliphatic carbocycles. The number of nitrogens with zero attached hydrogens (tertiary/aromatic N) is 5. The van der Waals surface area contributed by atoms with Crippen molar-refractivity contribution in [1.29, 1.82) is 0 Å². The molecule has 2 rings (SSSR count). The molecule has 0 aliphatic heterocycles. The lowest BCUT2D eigenvalue weighted by atomic mass is 10.4. The van der Waals surface area contributed by atoms with E-state index in [2.05, 4.69) is 25.3 Å². The summed E-state index contributed by atoms with van der Waals surface area (Å²) in [7, 11) is 0. The number of rotatable bonds is 6. The Morgan fingerprint density at radius 3 is 2.67 bits per heavy atom. The number of hydrogen-bond donors (Lipinski definition) is 1. The van der Waals surface area contributed by atoms with Gasteiger partial charge in [-0.05, 0) is 31.2 Å². The first-order valence-corrected chi connectivity index (χ1v) is 7.15. The molecule has 0 atom stereocenters. The second-order valence-electron chi connectivity index (χ2n) is 4.10. The second-order valence-corrected chi connectivity index (χ2v) is 5.06. The lowest BCUT2D eigenvalue weighted by molar-refractivity contribution is -0.389. The molecule has 2 heterocycles. The largest absolute Gasteiger partial charge is 0.354 e. The third-order valence-electron chi connectivity index (χ3n) is 2.47. The molecule has 2 aromatic heterocycles. The van der Waals surface area contributed by atoms with E-state index >= 15 is 0 Å². The van der Waals surface area contributed by atoms with Gasteiger partial charge in [0.1, 0.15) is 5.69 Å². The number of nitro groups is 1. The topological polar surface area (TPSA) is 107 Å². The van der Waals surface area contributed by atoms with Gasteiger partial charge in [0, 0.05) is 18.9 Å². The van der Waals surface area contributed by atoms with Crippen molar-refractivity contribution >= 4 is 23.4 Å². The number of aromatic nitrogens is 4. The van der Waals surface area contributed by atoms with E-state index in [-0.39, 0.29) is 10.7 Å². The predicted molar refractivity (Wildman–Crippen MR) is 78.4 cm³/mol. The summed E-state index contributed by atoms with van der Waals surface area (Å²) in [6, 6.07) is 1.68. The fourth-order valence-corrected chi connectivity index (χ4v) is 2.41. The Morgan fingerprint density at radius 2 is 2.05 bits per heavy atom. The fraction of sp³-hybridized carbons (Fsp3) is 0.333. The van der Waals surface area contributed by atoms with Crippen molar-refractivity contribution in [3.63, 3.8) is 0 Å². The number of anilines is 1. The van der Waals surface area contributed by atoms with Crippen molar-refractivity contribution in [2.75, 3.05) is 11.9 Å². The Bertz CT molecular complexity index is 637. The van der Waals surface area contributed by atoms with Crippen molar-refractivity contribution in [3.05, 3.63) is 34.3 Å². The van der Waals surface area contributed by atoms with Crippen LogP contribution < -0.4 is 5.32 Å². The summed E-state index contributed by atoms with van der Waals surface area (Å²) >= 11 is 1.05. The smallest absolute Gasteiger partial charge is 0.322 e. The van der Waals surface area contributed by atoms with E-state index in [4.69, 9.17) is 0 Å². The normalized spacial score (nSPS) is 10.4. The van der Waals surface area contributed by atoms with Gasteiger partial charge in [-0.1, -0.05) is 6.92 Å². The van der Waals surface area contributed by atoms with Gasteiger partial charge in [-0.15, -0.1) is 0 Å². The quantitative estimate of drug-likeness (QED) is 0.375. The molecule has 0 amide bonds. The van der Waals surface area contributed by atoms with Gasteiger partial charge in [0.05, 0.1) is 4.92 Å². The Hall–Kier alpha value is -2.29. The highest BCUT2D eigenvalue weighted by atomic mass is 32.2. The Balaban J connectivity index is 2.39. The average molecular weight is 306 g/mol. The highest BCUT2D eigenvalue weighted by Crippen LogP contribution is 2.33. The van der Waals surface area contributed by atoms with Crippen molar-refractivity contribution in [2.24, 2.45) is 0 Å². The Labute approximate surface area is 125 Å². The van der Waals surface area contributed by atoms with Crippen LogP contribution in [0.1, 0.15) is 19.0 Å². The van der Waals surface area contributed by atoms with Crippen LogP contribution in [0.2, 0.25) is 0 Å². The van der Waals surface area contributed by atoms with Gasteiger partial charge in [-0.3, -0.25) is 10.1 Å². The number of hydrogen-bond acceptors (Lipinski definition) is 8. The molecule has 0 saturated heterocycles. The maximum atomic E-state index is 11.2. The highest BCUT2D eigenvalue weighted by Gasteiger charge is 2.23. The van der Waals surface area contributed by atoms with E-state index in [0.717, 1.165) is 18.2 Å². The number of nitrogens with one attached hydrogen (secondary N) is 1. The highest BCUT2D eigenvalue weighted by molar-refractivity contribution is 7.99. The maximum Gasteiger partial charge on any atom is 0.322 e. The molecular weight excluding hydrogens is 292 g/mol. The third-order valence-corrected chi connectivity index (χ3v) is 3.34. The fourth-order valence-electron chi connectivity index (χ4n) is 1.56. The SMILES string of the molecule is CCCNc1nc(C)c([N+](=O)[O-])c(Sc2ncccn2)n1. The molecule has 9 heteroatoms. The van der Waals surface area contributed by atoms with Crippen LogP contribution in [0.3, 0.4) is 0 Å². The van der Waals surface area contributed by atoms with E-state index in [1.807, 2.05) is 6.92 Å². The van der Waals surface area contributed by atoms with Crippen molar-refractivity contribution < 1.29 is 4.92 Å². The number of aryl methyl sites for hydroxylation is 1. The molecule has 0 aliphatic rings. The predicted octanol–water partition coefficient (Wildman–Crippen LogP) is 2.46.